The van der Waals surface area contributed by atoms with Gasteiger partial charge in [0.05, 0.1) is 0 Å². The highest BCUT2D eigenvalue weighted by atomic mass is 15.1. The van der Waals surface area contributed by atoms with E-state index in [1.54, 1.807) is 0 Å². The summed E-state index contributed by atoms with van der Waals surface area (Å²) in [5, 5.41) is 3.16. The van der Waals surface area contributed by atoms with Gasteiger partial charge in [-0.15, -0.1) is 0 Å². The zero-order valence-electron chi connectivity index (χ0n) is 9.25. The van der Waals surface area contributed by atoms with Gasteiger partial charge in [-0.2, -0.15) is 0 Å². The van der Waals surface area contributed by atoms with E-state index in [2.05, 4.69) is 35.1 Å². The number of pyridine rings is 1. The predicted octanol–water partition coefficient (Wildman–Crippen LogP) is 1.65. The molecule has 0 aromatic carbocycles. The molecule has 0 amide bonds. The summed E-state index contributed by atoms with van der Waals surface area (Å²) in [6.07, 6.45) is 3.79. The molecule has 0 spiro atoms. The summed E-state index contributed by atoms with van der Waals surface area (Å²) in [5.41, 5.74) is 2.55. The maximum Gasteiger partial charge on any atom is 0.0442 e. The lowest BCUT2D eigenvalue weighted by Crippen LogP contribution is -2.24. The van der Waals surface area contributed by atoms with Crippen LogP contribution in [0.3, 0.4) is 0 Å². The molecule has 3 heteroatoms. The van der Waals surface area contributed by atoms with Gasteiger partial charge in [0.15, 0.2) is 0 Å². The maximum absolute atomic E-state index is 4.15. The molecule has 1 aromatic rings. The lowest BCUT2D eigenvalue weighted by molar-refractivity contribution is 0.791. The van der Waals surface area contributed by atoms with Gasteiger partial charge in [-0.3, -0.25) is 4.98 Å². The Morgan fingerprint density at radius 3 is 2.64 bits per heavy atom. The Morgan fingerprint density at radius 1 is 1.36 bits per heavy atom. The number of hydrogen-bond acceptors (Lipinski definition) is 3. The average molecular weight is 193 g/mol. The van der Waals surface area contributed by atoms with E-state index >= 15 is 0 Å². The van der Waals surface area contributed by atoms with Crippen molar-refractivity contribution >= 4 is 5.69 Å². The molecule has 78 valence electrons. The molecule has 0 aliphatic heterocycles. The molecule has 0 radical (unpaired) electrons. The van der Waals surface area contributed by atoms with Crippen molar-refractivity contribution in [2.24, 2.45) is 0 Å². The molecule has 1 heterocycles. The van der Waals surface area contributed by atoms with Crippen molar-refractivity contribution in [3.8, 4) is 0 Å². The van der Waals surface area contributed by atoms with Crippen molar-refractivity contribution in [2.75, 3.05) is 25.0 Å². The molecule has 0 bridgehead atoms. The minimum Gasteiger partial charge on any atom is -0.372 e. The van der Waals surface area contributed by atoms with Crippen LogP contribution in [-0.2, 0) is 6.54 Å². The van der Waals surface area contributed by atoms with Gasteiger partial charge >= 0.3 is 0 Å². The van der Waals surface area contributed by atoms with Crippen LogP contribution in [0, 0.1) is 0 Å². The summed E-state index contributed by atoms with van der Waals surface area (Å²) in [6.45, 7) is 7.30. The van der Waals surface area contributed by atoms with E-state index in [1.165, 1.54) is 11.3 Å². The molecule has 14 heavy (non-hydrogen) atoms. The Bertz CT molecular complexity index is 269. The molecule has 0 saturated heterocycles. The smallest absolute Gasteiger partial charge is 0.0442 e. The Hall–Kier alpha value is -1.09. The van der Waals surface area contributed by atoms with Crippen LogP contribution in [0.5, 0.6) is 0 Å². The number of aromatic nitrogens is 1. The molecule has 1 aromatic heterocycles. The molecule has 3 nitrogen and oxygen atoms in total. The highest BCUT2D eigenvalue weighted by Gasteiger charge is 2.06. The fraction of sp³-hybridized carbons (Fsp3) is 0.545. The molecule has 1 N–H and O–H groups in total. The fourth-order valence-corrected chi connectivity index (χ4v) is 1.62. The molecular formula is C11H19N3. The molecule has 0 aliphatic rings. The molecular weight excluding hydrogens is 174 g/mol. The average Bonchev–Trinajstić information content (AvgIpc) is 2.23. The molecule has 0 fully saturated rings. The highest BCUT2D eigenvalue weighted by Crippen LogP contribution is 2.18. The monoisotopic (exact) mass is 193 g/mol. The second-order valence-corrected chi connectivity index (χ2v) is 3.21. The van der Waals surface area contributed by atoms with E-state index < -0.39 is 0 Å². The van der Waals surface area contributed by atoms with Gasteiger partial charge in [-0.1, -0.05) is 0 Å². The molecule has 0 aliphatic carbocycles. The zero-order chi connectivity index (χ0) is 10.4. The van der Waals surface area contributed by atoms with E-state index in [0.717, 1.165) is 19.6 Å². The maximum atomic E-state index is 4.15. The summed E-state index contributed by atoms with van der Waals surface area (Å²) in [5.74, 6) is 0. The van der Waals surface area contributed by atoms with E-state index in [0.29, 0.717) is 0 Å². The van der Waals surface area contributed by atoms with Crippen molar-refractivity contribution in [3.05, 3.63) is 24.0 Å². The first kappa shape index (κ1) is 11.0. The van der Waals surface area contributed by atoms with E-state index in [4.69, 9.17) is 0 Å². The second kappa shape index (κ2) is 5.60. The van der Waals surface area contributed by atoms with Crippen molar-refractivity contribution in [2.45, 2.75) is 20.4 Å². The van der Waals surface area contributed by atoms with E-state index in [1.807, 2.05) is 19.4 Å². The summed E-state index contributed by atoms with van der Waals surface area (Å²) < 4.78 is 0. The minimum absolute atomic E-state index is 0.875. The van der Waals surface area contributed by atoms with Crippen molar-refractivity contribution in [3.63, 3.8) is 0 Å². The molecule has 0 saturated carbocycles. The second-order valence-electron chi connectivity index (χ2n) is 3.21. The Balaban J connectivity index is 2.92. The molecule has 1 rings (SSSR count). The summed E-state index contributed by atoms with van der Waals surface area (Å²) in [6, 6.07) is 2.08. The van der Waals surface area contributed by atoms with Crippen LogP contribution in [-0.4, -0.2) is 25.1 Å². The van der Waals surface area contributed by atoms with Gasteiger partial charge in [0, 0.05) is 43.3 Å². The summed E-state index contributed by atoms with van der Waals surface area (Å²) in [4.78, 5) is 6.49. The first-order valence-electron chi connectivity index (χ1n) is 5.15. The third-order valence-corrected chi connectivity index (χ3v) is 2.35. The van der Waals surface area contributed by atoms with Gasteiger partial charge in [-0.25, -0.2) is 0 Å². The van der Waals surface area contributed by atoms with E-state index in [9.17, 15) is 0 Å². The quantitative estimate of drug-likeness (QED) is 0.770. The standard InChI is InChI=1S/C11H19N3/c1-4-14(5-2)11-6-7-13-9-10(11)8-12-3/h6-7,9,12H,4-5,8H2,1-3H3. The van der Waals surface area contributed by atoms with Gasteiger partial charge < -0.3 is 10.2 Å². The van der Waals surface area contributed by atoms with Gasteiger partial charge in [0.2, 0.25) is 0 Å². The van der Waals surface area contributed by atoms with Crippen molar-refractivity contribution in [1.29, 1.82) is 0 Å². The Morgan fingerprint density at radius 2 is 2.07 bits per heavy atom. The first-order chi connectivity index (χ1) is 6.83. The zero-order valence-corrected chi connectivity index (χ0v) is 9.25. The lowest BCUT2D eigenvalue weighted by Gasteiger charge is -2.23. The van der Waals surface area contributed by atoms with Gasteiger partial charge in [0.25, 0.3) is 0 Å². The highest BCUT2D eigenvalue weighted by molar-refractivity contribution is 5.51. The number of hydrogen-bond donors (Lipinski definition) is 1. The van der Waals surface area contributed by atoms with Crippen LogP contribution in [0.25, 0.3) is 0 Å². The predicted molar refractivity (Wildman–Crippen MR) is 60.6 cm³/mol. The first-order valence-corrected chi connectivity index (χ1v) is 5.15. The molecule has 0 atom stereocenters. The van der Waals surface area contributed by atoms with Gasteiger partial charge in [0.1, 0.15) is 0 Å². The van der Waals surface area contributed by atoms with E-state index in [-0.39, 0.29) is 0 Å². The van der Waals surface area contributed by atoms with Crippen LogP contribution in [0.4, 0.5) is 5.69 Å². The topological polar surface area (TPSA) is 28.2 Å². The van der Waals surface area contributed by atoms with Gasteiger partial charge in [-0.05, 0) is 27.0 Å². The van der Waals surface area contributed by atoms with Crippen molar-refractivity contribution in [1.82, 2.24) is 10.3 Å². The number of nitrogens with zero attached hydrogens (tertiary/aromatic N) is 2. The van der Waals surface area contributed by atoms with Crippen LogP contribution in [0.1, 0.15) is 19.4 Å². The fourth-order valence-electron chi connectivity index (χ4n) is 1.62. The van der Waals surface area contributed by atoms with Crippen molar-refractivity contribution < 1.29 is 0 Å². The SMILES string of the molecule is CCN(CC)c1ccncc1CNC. The Labute approximate surface area is 86.2 Å². The van der Waals surface area contributed by atoms with Crippen LogP contribution in [0.2, 0.25) is 0 Å². The van der Waals surface area contributed by atoms with Crippen LogP contribution in [0.15, 0.2) is 18.5 Å². The normalized spacial score (nSPS) is 10.2. The number of anilines is 1. The number of rotatable bonds is 5. The third kappa shape index (κ3) is 2.45. The summed E-state index contributed by atoms with van der Waals surface area (Å²) >= 11 is 0. The van der Waals surface area contributed by atoms with Crippen LogP contribution >= 0.6 is 0 Å². The number of nitrogens with one attached hydrogen (secondary N) is 1. The lowest BCUT2D eigenvalue weighted by atomic mass is 10.2. The minimum atomic E-state index is 0.875. The largest absolute Gasteiger partial charge is 0.372 e. The Kier molecular flexibility index (Phi) is 4.40. The third-order valence-electron chi connectivity index (χ3n) is 2.35. The molecule has 0 unspecified atom stereocenters. The summed E-state index contributed by atoms with van der Waals surface area (Å²) in [7, 11) is 1.96. The van der Waals surface area contributed by atoms with Crippen LogP contribution < -0.4 is 10.2 Å².